The van der Waals surface area contributed by atoms with Crippen molar-refractivity contribution in [1.82, 2.24) is 4.57 Å². The monoisotopic (exact) mass is 265 g/mol. The molecule has 3 heteroatoms. The predicted molar refractivity (Wildman–Crippen MR) is 80.2 cm³/mol. The molecule has 0 unspecified atom stereocenters. The SMILES string of the molecule is COc1ccc2c(c1)cc(-c1ccccc1)n2C(C)=O. The third-order valence-corrected chi connectivity index (χ3v) is 3.39. The fraction of sp³-hybridized carbons (Fsp3) is 0.118. The van der Waals surface area contributed by atoms with Crippen LogP contribution in [0.4, 0.5) is 0 Å². The average molecular weight is 265 g/mol. The molecule has 0 aliphatic heterocycles. The molecule has 1 aromatic heterocycles. The van der Waals surface area contributed by atoms with E-state index in [1.807, 2.05) is 54.6 Å². The van der Waals surface area contributed by atoms with E-state index >= 15 is 0 Å². The molecule has 0 saturated heterocycles. The van der Waals surface area contributed by atoms with Crippen LogP contribution in [-0.4, -0.2) is 17.6 Å². The zero-order valence-corrected chi connectivity index (χ0v) is 11.5. The first kappa shape index (κ1) is 12.5. The van der Waals surface area contributed by atoms with Gasteiger partial charge in [0.25, 0.3) is 0 Å². The number of rotatable bonds is 2. The summed E-state index contributed by atoms with van der Waals surface area (Å²) in [7, 11) is 1.64. The molecule has 0 amide bonds. The van der Waals surface area contributed by atoms with Gasteiger partial charge in [0.05, 0.1) is 18.3 Å². The third-order valence-electron chi connectivity index (χ3n) is 3.39. The Kier molecular flexibility index (Phi) is 3.03. The Balaban J connectivity index is 2.31. The molecular formula is C17H15NO2. The first-order valence-corrected chi connectivity index (χ1v) is 6.46. The van der Waals surface area contributed by atoms with Crippen molar-refractivity contribution < 1.29 is 9.53 Å². The Bertz CT molecular complexity index is 772. The summed E-state index contributed by atoms with van der Waals surface area (Å²) in [6.45, 7) is 1.58. The fourth-order valence-electron chi connectivity index (χ4n) is 2.48. The predicted octanol–water partition coefficient (Wildman–Crippen LogP) is 3.98. The highest BCUT2D eigenvalue weighted by molar-refractivity contribution is 5.98. The van der Waals surface area contributed by atoms with Crippen molar-refractivity contribution in [2.75, 3.05) is 7.11 Å². The normalized spacial score (nSPS) is 10.7. The van der Waals surface area contributed by atoms with Crippen LogP contribution in [-0.2, 0) is 0 Å². The van der Waals surface area contributed by atoms with Gasteiger partial charge in [0.1, 0.15) is 5.75 Å². The van der Waals surface area contributed by atoms with Gasteiger partial charge in [-0.15, -0.1) is 0 Å². The number of aromatic nitrogens is 1. The number of nitrogens with zero attached hydrogens (tertiary/aromatic N) is 1. The van der Waals surface area contributed by atoms with Crippen LogP contribution in [0.2, 0.25) is 0 Å². The van der Waals surface area contributed by atoms with E-state index in [9.17, 15) is 4.79 Å². The van der Waals surface area contributed by atoms with E-state index in [0.29, 0.717) is 0 Å². The summed E-state index contributed by atoms with van der Waals surface area (Å²) in [5.74, 6) is 0.793. The molecule has 0 radical (unpaired) electrons. The van der Waals surface area contributed by atoms with Gasteiger partial charge in [-0.3, -0.25) is 9.36 Å². The molecule has 0 aliphatic carbocycles. The molecule has 3 rings (SSSR count). The number of carbonyl (C=O) groups excluding carboxylic acids is 1. The minimum absolute atomic E-state index is 0.00372. The Labute approximate surface area is 117 Å². The lowest BCUT2D eigenvalue weighted by Crippen LogP contribution is -2.06. The topological polar surface area (TPSA) is 31.2 Å². The summed E-state index contributed by atoms with van der Waals surface area (Å²) in [6, 6.07) is 17.7. The quantitative estimate of drug-likeness (QED) is 0.702. The molecule has 0 bridgehead atoms. The van der Waals surface area contributed by atoms with Crippen LogP contribution in [0.25, 0.3) is 22.2 Å². The van der Waals surface area contributed by atoms with E-state index in [2.05, 4.69) is 0 Å². The molecule has 20 heavy (non-hydrogen) atoms. The first-order valence-electron chi connectivity index (χ1n) is 6.46. The van der Waals surface area contributed by atoms with E-state index < -0.39 is 0 Å². The highest BCUT2D eigenvalue weighted by atomic mass is 16.5. The Morgan fingerprint density at radius 1 is 1.05 bits per heavy atom. The summed E-state index contributed by atoms with van der Waals surface area (Å²) >= 11 is 0. The van der Waals surface area contributed by atoms with Crippen LogP contribution in [0.3, 0.4) is 0 Å². The van der Waals surface area contributed by atoms with Gasteiger partial charge in [-0.05, 0) is 29.8 Å². The van der Waals surface area contributed by atoms with Crippen molar-refractivity contribution in [3.05, 3.63) is 54.6 Å². The highest BCUT2D eigenvalue weighted by Gasteiger charge is 2.13. The van der Waals surface area contributed by atoms with Crippen LogP contribution in [0, 0.1) is 0 Å². The Morgan fingerprint density at radius 3 is 2.45 bits per heavy atom. The van der Waals surface area contributed by atoms with Gasteiger partial charge < -0.3 is 4.74 Å². The Morgan fingerprint density at radius 2 is 1.80 bits per heavy atom. The van der Waals surface area contributed by atoms with Crippen LogP contribution in [0.15, 0.2) is 54.6 Å². The molecule has 3 aromatic rings. The van der Waals surface area contributed by atoms with E-state index in [1.165, 1.54) is 0 Å². The van der Waals surface area contributed by atoms with Crippen molar-refractivity contribution in [2.45, 2.75) is 6.92 Å². The lowest BCUT2D eigenvalue weighted by atomic mass is 10.1. The van der Waals surface area contributed by atoms with Crippen LogP contribution < -0.4 is 4.74 Å². The van der Waals surface area contributed by atoms with Gasteiger partial charge in [-0.2, -0.15) is 0 Å². The van der Waals surface area contributed by atoms with Gasteiger partial charge >= 0.3 is 0 Å². The maximum Gasteiger partial charge on any atom is 0.228 e. The minimum atomic E-state index is 0.00372. The third kappa shape index (κ3) is 1.97. The number of carbonyl (C=O) groups is 1. The van der Waals surface area contributed by atoms with Crippen molar-refractivity contribution in [1.29, 1.82) is 0 Å². The number of methoxy groups -OCH3 is 1. The summed E-state index contributed by atoms with van der Waals surface area (Å²) in [6.07, 6.45) is 0. The van der Waals surface area contributed by atoms with Gasteiger partial charge in [-0.25, -0.2) is 0 Å². The molecule has 2 aromatic carbocycles. The largest absolute Gasteiger partial charge is 0.497 e. The molecule has 0 aliphatic rings. The average Bonchev–Trinajstić information content (AvgIpc) is 2.86. The standard InChI is InChI=1S/C17H15NO2/c1-12(19)18-16-9-8-15(20-2)10-14(16)11-17(18)13-6-4-3-5-7-13/h3-11H,1-2H3. The minimum Gasteiger partial charge on any atom is -0.497 e. The van der Waals surface area contributed by atoms with Gasteiger partial charge in [0.15, 0.2) is 0 Å². The molecule has 0 fully saturated rings. The molecule has 0 atom stereocenters. The molecule has 1 heterocycles. The van der Waals surface area contributed by atoms with E-state index in [-0.39, 0.29) is 5.91 Å². The second-order valence-corrected chi connectivity index (χ2v) is 4.67. The second kappa shape index (κ2) is 4.85. The smallest absolute Gasteiger partial charge is 0.228 e. The number of hydrogen-bond donors (Lipinski definition) is 0. The molecule has 0 saturated carbocycles. The lowest BCUT2D eigenvalue weighted by Gasteiger charge is -2.06. The molecule has 0 spiro atoms. The molecule has 0 N–H and O–H groups in total. The number of benzene rings is 2. The van der Waals surface area contributed by atoms with Crippen molar-refractivity contribution >= 4 is 16.8 Å². The molecule has 3 nitrogen and oxygen atoms in total. The van der Waals surface area contributed by atoms with Crippen LogP contribution in [0.1, 0.15) is 11.7 Å². The highest BCUT2D eigenvalue weighted by Crippen LogP contribution is 2.30. The van der Waals surface area contributed by atoms with Crippen molar-refractivity contribution in [3.8, 4) is 17.0 Å². The van der Waals surface area contributed by atoms with Gasteiger partial charge in [-0.1, -0.05) is 30.3 Å². The number of hydrogen-bond acceptors (Lipinski definition) is 2. The van der Waals surface area contributed by atoms with E-state index in [4.69, 9.17) is 4.74 Å². The zero-order valence-electron chi connectivity index (χ0n) is 11.5. The van der Waals surface area contributed by atoms with Crippen molar-refractivity contribution in [2.24, 2.45) is 0 Å². The Hall–Kier alpha value is -2.55. The van der Waals surface area contributed by atoms with Gasteiger partial charge in [0, 0.05) is 12.3 Å². The maximum absolute atomic E-state index is 12.0. The van der Waals surface area contributed by atoms with Crippen LogP contribution >= 0.6 is 0 Å². The van der Waals surface area contributed by atoms with E-state index in [1.54, 1.807) is 18.6 Å². The van der Waals surface area contributed by atoms with Crippen LogP contribution in [0.5, 0.6) is 5.75 Å². The number of ether oxygens (including phenoxy) is 1. The second-order valence-electron chi connectivity index (χ2n) is 4.67. The van der Waals surface area contributed by atoms with E-state index in [0.717, 1.165) is 27.9 Å². The first-order chi connectivity index (χ1) is 9.70. The zero-order chi connectivity index (χ0) is 14.1. The fourth-order valence-corrected chi connectivity index (χ4v) is 2.48. The van der Waals surface area contributed by atoms with Crippen molar-refractivity contribution in [3.63, 3.8) is 0 Å². The summed E-state index contributed by atoms with van der Waals surface area (Å²) in [4.78, 5) is 12.0. The molecule has 100 valence electrons. The maximum atomic E-state index is 12.0. The summed E-state index contributed by atoms with van der Waals surface area (Å²) < 4.78 is 6.98. The summed E-state index contributed by atoms with van der Waals surface area (Å²) in [5.41, 5.74) is 2.83. The summed E-state index contributed by atoms with van der Waals surface area (Å²) in [5, 5.41) is 0.999. The number of fused-ring (bicyclic) bond motifs is 1. The van der Waals surface area contributed by atoms with Gasteiger partial charge in [0.2, 0.25) is 5.91 Å². The molecular weight excluding hydrogens is 250 g/mol. The lowest BCUT2D eigenvalue weighted by molar-refractivity contribution is 0.0943.